The Labute approximate surface area is 196 Å². The molecule has 1 heterocycles. The number of hydrogen-bond donors (Lipinski definition) is 2. The fourth-order valence-corrected chi connectivity index (χ4v) is 4.32. The average Bonchev–Trinajstić information content (AvgIpc) is 3.01. The summed E-state index contributed by atoms with van der Waals surface area (Å²) >= 11 is 6.21. The van der Waals surface area contributed by atoms with Crippen LogP contribution in [0.5, 0.6) is 0 Å². The number of ether oxygens (including phenoxy) is 1. The maximum Gasteiger partial charge on any atom is 0.342 e. The number of rotatable bonds is 7. The summed E-state index contributed by atoms with van der Waals surface area (Å²) in [6.07, 6.45) is 0. The zero-order valence-electron chi connectivity index (χ0n) is 18.3. The predicted molar refractivity (Wildman–Crippen MR) is 124 cm³/mol. The van der Waals surface area contributed by atoms with Crippen molar-refractivity contribution in [1.82, 2.24) is 9.78 Å². The van der Waals surface area contributed by atoms with Crippen molar-refractivity contribution < 1.29 is 22.7 Å². The molecule has 0 radical (unpaired) electrons. The molecule has 3 N–H and O–H groups in total. The van der Waals surface area contributed by atoms with E-state index in [1.165, 1.54) is 18.2 Å². The van der Waals surface area contributed by atoms with Crippen LogP contribution in [-0.4, -0.2) is 36.7 Å². The number of nitrogens with one attached hydrogen (secondary N) is 1. The molecule has 11 heteroatoms. The van der Waals surface area contributed by atoms with Crippen LogP contribution in [0, 0.1) is 20.8 Å². The molecule has 0 atom stereocenters. The molecule has 9 nitrogen and oxygen atoms in total. The monoisotopic (exact) mass is 490 g/mol. The molecule has 0 aliphatic rings. The number of aryl methyl sites for hydroxylation is 2. The van der Waals surface area contributed by atoms with Gasteiger partial charge >= 0.3 is 5.97 Å². The minimum Gasteiger partial charge on any atom is -0.452 e. The molecule has 0 aliphatic carbocycles. The van der Waals surface area contributed by atoms with Gasteiger partial charge in [-0.2, -0.15) is 5.10 Å². The SMILES string of the molecule is Cc1ccc(NC(=O)COC(=O)c2c(C)nn(Cc3ccccc3Cl)c2C)cc1S(N)(=O)=O. The second-order valence-electron chi connectivity index (χ2n) is 7.44. The number of sulfonamides is 1. The third-order valence-corrected chi connectivity index (χ3v) is 6.40. The van der Waals surface area contributed by atoms with Gasteiger partial charge in [0.2, 0.25) is 10.0 Å². The van der Waals surface area contributed by atoms with Gasteiger partial charge in [-0.1, -0.05) is 35.9 Å². The summed E-state index contributed by atoms with van der Waals surface area (Å²) in [6.45, 7) is 4.80. The number of halogens is 1. The van der Waals surface area contributed by atoms with Crippen LogP contribution in [0.1, 0.15) is 32.9 Å². The lowest BCUT2D eigenvalue weighted by Crippen LogP contribution is -2.22. The zero-order chi connectivity index (χ0) is 24.3. The molecule has 1 aromatic heterocycles. The van der Waals surface area contributed by atoms with E-state index in [9.17, 15) is 18.0 Å². The second-order valence-corrected chi connectivity index (χ2v) is 9.38. The van der Waals surface area contributed by atoms with E-state index in [1.807, 2.05) is 18.2 Å². The Hall–Kier alpha value is -3.21. The largest absolute Gasteiger partial charge is 0.452 e. The summed E-state index contributed by atoms with van der Waals surface area (Å²) in [7, 11) is -3.94. The van der Waals surface area contributed by atoms with Crippen LogP contribution in [0.15, 0.2) is 47.4 Å². The van der Waals surface area contributed by atoms with Crippen LogP contribution < -0.4 is 10.5 Å². The molecule has 0 bridgehead atoms. The van der Waals surface area contributed by atoms with Crippen molar-refractivity contribution >= 4 is 39.2 Å². The maximum atomic E-state index is 12.6. The highest BCUT2D eigenvalue weighted by atomic mass is 35.5. The predicted octanol–water partition coefficient (Wildman–Crippen LogP) is 2.95. The number of aromatic nitrogens is 2. The van der Waals surface area contributed by atoms with E-state index < -0.39 is 28.5 Å². The first-order valence-corrected chi connectivity index (χ1v) is 11.8. The lowest BCUT2D eigenvalue weighted by Gasteiger charge is -2.10. The van der Waals surface area contributed by atoms with Gasteiger partial charge in [-0.3, -0.25) is 9.48 Å². The standard InChI is InChI=1S/C22H23ClN4O5S/c1-13-8-9-17(10-19(13)33(24,30)31)25-20(28)12-32-22(29)21-14(2)26-27(15(21)3)11-16-6-4-5-7-18(16)23/h4-10H,11-12H2,1-3H3,(H,25,28)(H2,24,30,31). The first-order valence-electron chi connectivity index (χ1n) is 9.85. The van der Waals surface area contributed by atoms with E-state index in [0.29, 0.717) is 28.5 Å². The molecule has 0 spiro atoms. The summed E-state index contributed by atoms with van der Waals surface area (Å²) in [4.78, 5) is 24.8. The number of primary sulfonamides is 1. The van der Waals surface area contributed by atoms with Crippen LogP contribution in [0.2, 0.25) is 5.02 Å². The number of hydrogen-bond acceptors (Lipinski definition) is 6. The number of benzene rings is 2. The lowest BCUT2D eigenvalue weighted by atomic mass is 10.2. The molecule has 3 aromatic rings. The quantitative estimate of drug-likeness (QED) is 0.489. The zero-order valence-corrected chi connectivity index (χ0v) is 19.8. The number of nitrogens with zero attached hydrogens (tertiary/aromatic N) is 2. The molecular weight excluding hydrogens is 468 g/mol. The number of nitrogens with two attached hydrogens (primary N) is 1. The van der Waals surface area contributed by atoms with Crippen LogP contribution in [0.3, 0.4) is 0 Å². The molecule has 33 heavy (non-hydrogen) atoms. The van der Waals surface area contributed by atoms with Gasteiger partial charge in [0.1, 0.15) is 5.56 Å². The Morgan fingerprint density at radius 1 is 1.15 bits per heavy atom. The normalized spacial score (nSPS) is 11.3. The molecule has 0 saturated heterocycles. The minimum atomic E-state index is -3.94. The number of carbonyl (C=O) groups is 2. The molecular formula is C22H23ClN4O5S. The number of carbonyl (C=O) groups excluding carboxylic acids is 2. The van der Waals surface area contributed by atoms with Gasteiger partial charge in [0.05, 0.1) is 22.8 Å². The van der Waals surface area contributed by atoms with E-state index in [0.717, 1.165) is 5.56 Å². The van der Waals surface area contributed by atoms with Crippen LogP contribution in [0.25, 0.3) is 0 Å². The lowest BCUT2D eigenvalue weighted by molar-refractivity contribution is -0.119. The first-order chi connectivity index (χ1) is 15.5. The Kier molecular flexibility index (Phi) is 7.21. The van der Waals surface area contributed by atoms with Crippen molar-refractivity contribution in [2.45, 2.75) is 32.2 Å². The molecule has 174 valence electrons. The van der Waals surface area contributed by atoms with Gasteiger partial charge in [-0.15, -0.1) is 0 Å². The van der Waals surface area contributed by atoms with Crippen molar-refractivity contribution in [3.05, 3.63) is 75.6 Å². The summed E-state index contributed by atoms with van der Waals surface area (Å²) in [5.41, 5.74) is 2.81. The molecule has 2 aromatic carbocycles. The number of amides is 1. The third kappa shape index (κ3) is 5.78. The molecule has 0 aliphatic heterocycles. The topological polar surface area (TPSA) is 133 Å². The van der Waals surface area contributed by atoms with Gasteiger partial charge in [-0.05, 0) is 50.1 Å². The van der Waals surface area contributed by atoms with Crippen LogP contribution in [0.4, 0.5) is 5.69 Å². The molecule has 3 rings (SSSR count). The van der Waals surface area contributed by atoms with Gasteiger partial charge in [0, 0.05) is 10.7 Å². The van der Waals surface area contributed by atoms with Crippen LogP contribution in [-0.2, 0) is 26.1 Å². The van der Waals surface area contributed by atoms with E-state index in [2.05, 4.69) is 10.4 Å². The van der Waals surface area contributed by atoms with Crippen molar-refractivity contribution in [3.8, 4) is 0 Å². The molecule has 0 fully saturated rings. The Morgan fingerprint density at radius 2 is 1.85 bits per heavy atom. The fraction of sp³-hybridized carbons (Fsp3) is 0.227. The average molecular weight is 491 g/mol. The van der Waals surface area contributed by atoms with Crippen molar-refractivity contribution in [2.75, 3.05) is 11.9 Å². The van der Waals surface area contributed by atoms with Crippen molar-refractivity contribution in [1.29, 1.82) is 0 Å². The number of anilines is 1. The Balaban J connectivity index is 1.67. The minimum absolute atomic E-state index is 0.102. The van der Waals surface area contributed by atoms with Crippen molar-refractivity contribution in [3.63, 3.8) is 0 Å². The van der Waals surface area contributed by atoms with E-state index in [-0.39, 0.29) is 16.1 Å². The third-order valence-electron chi connectivity index (χ3n) is 4.98. The first kappa shape index (κ1) is 24.4. The Bertz CT molecular complexity index is 1330. The second kappa shape index (κ2) is 9.74. The number of esters is 1. The highest BCUT2D eigenvalue weighted by Crippen LogP contribution is 2.21. The maximum absolute atomic E-state index is 12.6. The molecule has 1 amide bonds. The van der Waals surface area contributed by atoms with Gasteiger partial charge in [0.25, 0.3) is 5.91 Å². The van der Waals surface area contributed by atoms with E-state index >= 15 is 0 Å². The smallest absolute Gasteiger partial charge is 0.342 e. The molecule has 0 unspecified atom stereocenters. The summed E-state index contributed by atoms with van der Waals surface area (Å²) in [5, 5.41) is 12.7. The fourth-order valence-electron chi connectivity index (χ4n) is 3.32. The van der Waals surface area contributed by atoms with Gasteiger partial charge in [-0.25, -0.2) is 18.4 Å². The summed E-state index contributed by atoms with van der Waals surface area (Å²) in [5.74, 6) is -1.33. The van der Waals surface area contributed by atoms with Gasteiger partial charge < -0.3 is 10.1 Å². The molecule has 0 saturated carbocycles. The Morgan fingerprint density at radius 3 is 2.52 bits per heavy atom. The highest BCUT2D eigenvalue weighted by Gasteiger charge is 2.21. The van der Waals surface area contributed by atoms with E-state index in [4.69, 9.17) is 21.5 Å². The van der Waals surface area contributed by atoms with Gasteiger partial charge in [0.15, 0.2) is 6.61 Å². The van der Waals surface area contributed by atoms with Crippen molar-refractivity contribution in [2.24, 2.45) is 5.14 Å². The van der Waals surface area contributed by atoms with Crippen LogP contribution >= 0.6 is 11.6 Å². The van der Waals surface area contributed by atoms with E-state index in [1.54, 1.807) is 31.5 Å². The summed E-state index contributed by atoms with van der Waals surface area (Å²) < 4.78 is 30.1. The summed E-state index contributed by atoms with van der Waals surface area (Å²) in [6, 6.07) is 11.6. The highest BCUT2D eigenvalue weighted by molar-refractivity contribution is 7.89.